The van der Waals surface area contributed by atoms with Crippen LogP contribution in [-0.2, 0) is 11.2 Å². The van der Waals surface area contributed by atoms with E-state index in [0.717, 1.165) is 49.5 Å². The Bertz CT molecular complexity index is 657. The summed E-state index contributed by atoms with van der Waals surface area (Å²) in [5.41, 5.74) is 0. The van der Waals surface area contributed by atoms with Gasteiger partial charge in [0.25, 0.3) is 0 Å². The largest absolute Gasteiger partial charge is 0.469 e. The molecule has 0 radical (unpaired) electrons. The lowest BCUT2D eigenvalue weighted by atomic mass is 9.88. The number of guanidine groups is 1. The van der Waals surface area contributed by atoms with Crippen LogP contribution in [0.15, 0.2) is 27.8 Å². The molecular formula is C23H39N5O2. The fraction of sp³-hybridized carbons (Fsp3) is 0.739. The summed E-state index contributed by atoms with van der Waals surface area (Å²) in [6.45, 7) is 5.77. The minimum Gasteiger partial charge on any atom is -0.469 e. The number of hydrogen-bond donors (Lipinski definition) is 2. The van der Waals surface area contributed by atoms with Crippen molar-refractivity contribution in [3.63, 3.8) is 0 Å². The van der Waals surface area contributed by atoms with Gasteiger partial charge in [-0.1, -0.05) is 6.92 Å². The maximum absolute atomic E-state index is 12.0. The zero-order valence-electron chi connectivity index (χ0n) is 18.9. The third-order valence-corrected chi connectivity index (χ3v) is 6.49. The normalized spacial score (nSPS) is 23.9. The lowest BCUT2D eigenvalue weighted by Gasteiger charge is -2.40. The van der Waals surface area contributed by atoms with Crippen molar-refractivity contribution in [3.05, 3.63) is 24.2 Å². The second-order valence-electron chi connectivity index (χ2n) is 9.08. The number of carbonyl (C=O) groups is 1. The van der Waals surface area contributed by atoms with Crippen molar-refractivity contribution in [1.29, 1.82) is 0 Å². The molecule has 0 aromatic carbocycles. The summed E-state index contributed by atoms with van der Waals surface area (Å²) in [5.74, 6) is 2.56. The first-order chi connectivity index (χ1) is 14.5. The average Bonchev–Trinajstić information content (AvgIpc) is 3.26. The van der Waals surface area contributed by atoms with Crippen LogP contribution in [0.1, 0.15) is 51.2 Å². The van der Waals surface area contributed by atoms with E-state index in [1.807, 2.05) is 12.1 Å². The van der Waals surface area contributed by atoms with Gasteiger partial charge < -0.3 is 24.9 Å². The molecule has 7 heteroatoms. The van der Waals surface area contributed by atoms with E-state index in [1.165, 1.54) is 38.8 Å². The standard InChI is InChI=1S/C23H39N5O2/c1-18-11-14-28(15-12-18)20-8-6-19(7-9-20)26-23(25-17-22(29)27(2)3)24-13-10-21-5-4-16-30-21/h4-5,16,18-20H,6-15,17H2,1-3H3,(H2,24,25,26). The Balaban J connectivity index is 1.48. The molecule has 1 aromatic rings. The van der Waals surface area contributed by atoms with Crippen LogP contribution < -0.4 is 10.6 Å². The van der Waals surface area contributed by atoms with Crippen molar-refractivity contribution in [2.45, 2.75) is 64.0 Å². The number of piperidine rings is 1. The van der Waals surface area contributed by atoms with Gasteiger partial charge >= 0.3 is 0 Å². The fourth-order valence-corrected chi connectivity index (χ4v) is 4.37. The Morgan fingerprint density at radius 1 is 1.20 bits per heavy atom. The van der Waals surface area contributed by atoms with Gasteiger partial charge in [0.2, 0.25) is 5.91 Å². The van der Waals surface area contributed by atoms with Crippen LogP contribution >= 0.6 is 0 Å². The first-order valence-electron chi connectivity index (χ1n) is 11.5. The van der Waals surface area contributed by atoms with Crippen LogP contribution in [0.2, 0.25) is 0 Å². The molecule has 0 unspecified atom stereocenters. The molecule has 2 fully saturated rings. The molecule has 7 nitrogen and oxygen atoms in total. The second-order valence-corrected chi connectivity index (χ2v) is 9.08. The zero-order chi connectivity index (χ0) is 21.3. The van der Waals surface area contributed by atoms with Crippen LogP contribution in [0, 0.1) is 5.92 Å². The van der Waals surface area contributed by atoms with Gasteiger partial charge in [0, 0.05) is 39.1 Å². The van der Waals surface area contributed by atoms with Gasteiger partial charge in [0.15, 0.2) is 5.96 Å². The highest BCUT2D eigenvalue weighted by atomic mass is 16.3. The third kappa shape index (κ3) is 7.04. The highest BCUT2D eigenvalue weighted by molar-refractivity contribution is 5.84. The van der Waals surface area contributed by atoms with Crippen LogP contribution in [0.25, 0.3) is 0 Å². The van der Waals surface area contributed by atoms with Crippen molar-refractivity contribution in [2.24, 2.45) is 10.9 Å². The average molecular weight is 418 g/mol. The Labute approximate surface area is 181 Å². The minimum atomic E-state index is 0.00479. The number of carbonyl (C=O) groups excluding carboxylic acids is 1. The molecule has 0 atom stereocenters. The molecular weight excluding hydrogens is 378 g/mol. The molecule has 1 aliphatic carbocycles. The van der Waals surface area contributed by atoms with Crippen molar-refractivity contribution < 1.29 is 9.21 Å². The van der Waals surface area contributed by atoms with E-state index < -0.39 is 0 Å². The lowest BCUT2D eigenvalue weighted by Crippen LogP contribution is -2.49. The van der Waals surface area contributed by atoms with E-state index in [-0.39, 0.29) is 12.5 Å². The van der Waals surface area contributed by atoms with Gasteiger partial charge in [-0.15, -0.1) is 0 Å². The molecule has 1 aliphatic heterocycles. The molecule has 1 saturated heterocycles. The van der Waals surface area contributed by atoms with Crippen molar-refractivity contribution in [1.82, 2.24) is 20.4 Å². The summed E-state index contributed by atoms with van der Waals surface area (Å²) in [5, 5.41) is 6.96. The van der Waals surface area contributed by atoms with E-state index in [1.54, 1.807) is 25.3 Å². The number of rotatable bonds is 7. The smallest absolute Gasteiger partial charge is 0.243 e. The number of likely N-dealkylation sites (tertiary alicyclic amines) is 1. The van der Waals surface area contributed by atoms with Crippen LogP contribution in [0.5, 0.6) is 0 Å². The molecule has 2 N–H and O–H groups in total. The topological polar surface area (TPSA) is 73.1 Å². The predicted molar refractivity (Wildman–Crippen MR) is 121 cm³/mol. The van der Waals surface area contributed by atoms with Gasteiger partial charge in [-0.2, -0.15) is 0 Å². The molecule has 30 heavy (non-hydrogen) atoms. The predicted octanol–water partition coefficient (Wildman–Crippen LogP) is 2.49. The van der Waals surface area contributed by atoms with Crippen LogP contribution in [0.4, 0.5) is 0 Å². The van der Waals surface area contributed by atoms with Crippen molar-refractivity contribution >= 4 is 11.9 Å². The molecule has 0 spiro atoms. The Kier molecular flexibility index (Phi) is 8.61. The van der Waals surface area contributed by atoms with E-state index in [4.69, 9.17) is 4.42 Å². The van der Waals surface area contributed by atoms with Gasteiger partial charge in [-0.25, -0.2) is 4.99 Å². The number of hydrogen-bond acceptors (Lipinski definition) is 4. The van der Waals surface area contributed by atoms with E-state index in [0.29, 0.717) is 6.04 Å². The van der Waals surface area contributed by atoms with E-state index in [2.05, 4.69) is 27.4 Å². The monoisotopic (exact) mass is 417 g/mol. The third-order valence-electron chi connectivity index (χ3n) is 6.49. The minimum absolute atomic E-state index is 0.00479. The maximum atomic E-state index is 12.0. The zero-order valence-corrected chi connectivity index (χ0v) is 18.9. The van der Waals surface area contributed by atoms with Gasteiger partial charge in [0.05, 0.1) is 6.26 Å². The van der Waals surface area contributed by atoms with Crippen molar-refractivity contribution in [2.75, 3.05) is 40.3 Å². The number of aliphatic imine (C=N–C) groups is 1. The van der Waals surface area contributed by atoms with Crippen LogP contribution in [0.3, 0.4) is 0 Å². The highest BCUT2D eigenvalue weighted by Gasteiger charge is 2.28. The molecule has 1 amide bonds. The summed E-state index contributed by atoms with van der Waals surface area (Å²) >= 11 is 0. The molecule has 2 heterocycles. The Morgan fingerprint density at radius 3 is 2.57 bits per heavy atom. The maximum Gasteiger partial charge on any atom is 0.243 e. The fourth-order valence-electron chi connectivity index (χ4n) is 4.37. The SMILES string of the molecule is CC1CCN(C2CCC(NC(=NCC(=O)N(C)C)NCCc3ccco3)CC2)CC1. The quantitative estimate of drug-likeness (QED) is 0.527. The summed E-state index contributed by atoms with van der Waals surface area (Å²) in [4.78, 5) is 20.8. The van der Waals surface area contributed by atoms with E-state index in [9.17, 15) is 4.79 Å². The Hall–Kier alpha value is -2.02. The van der Waals surface area contributed by atoms with Gasteiger partial charge in [-0.3, -0.25) is 4.79 Å². The molecule has 3 rings (SSSR count). The summed E-state index contributed by atoms with van der Waals surface area (Å²) in [6.07, 6.45) is 9.94. The van der Waals surface area contributed by atoms with Gasteiger partial charge in [0.1, 0.15) is 12.3 Å². The molecule has 168 valence electrons. The van der Waals surface area contributed by atoms with Gasteiger partial charge in [-0.05, 0) is 69.7 Å². The molecule has 1 saturated carbocycles. The number of furan rings is 1. The van der Waals surface area contributed by atoms with Crippen molar-refractivity contribution in [3.8, 4) is 0 Å². The summed E-state index contributed by atoms with van der Waals surface area (Å²) in [6, 6.07) is 5.02. The molecule has 1 aromatic heterocycles. The first-order valence-corrected chi connectivity index (χ1v) is 11.5. The van der Waals surface area contributed by atoms with E-state index >= 15 is 0 Å². The first kappa shape index (κ1) is 22.7. The number of nitrogens with zero attached hydrogens (tertiary/aromatic N) is 3. The Morgan fingerprint density at radius 2 is 1.93 bits per heavy atom. The van der Waals surface area contributed by atoms with Crippen LogP contribution in [-0.4, -0.2) is 74.0 Å². The molecule has 0 bridgehead atoms. The summed E-state index contributed by atoms with van der Waals surface area (Å²) in [7, 11) is 3.52. The highest BCUT2D eigenvalue weighted by Crippen LogP contribution is 2.27. The lowest BCUT2D eigenvalue weighted by molar-refractivity contribution is -0.127. The second kappa shape index (κ2) is 11.4. The summed E-state index contributed by atoms with van der Waals surface area (Å²) < 4.78 is 5.41. The number of amides is 1. The number of nitrogens with one attached hydrogen (secondary N) is 2. The number of likely N-dealkylation sites (N-methyl/N-ethyl adjacent to an activating group) is 1. The molecule has 2 aliphatic rings.